The van der Waals surface area contributed by atoms with Gasteiger partial charge in [0.2, 0.25) is 0 Å². The summed E-state index contributed by atoms with van der Waals surface area (Å²) in [6.07, 6.45) is 3.88. The lowest BCUT2D eigenvalue weighted by Gasteiger charge is -2.52. The van der Waals surface area contributed by atoms with E-state index in [2.05, 4.69) is 146 Å². The molecule has 1 aromatic carbocycles. The minimum absolute atomic E-state index is 0.190. The van der Waals surface area contributed by atoms with Gasteiger partial charge in [0.25, 0.3) is 0 Å². The van der Waals surface area contributed by atoms with Crippen LogP contribution in [0.3, 0.4) is 0 Å². The highest BCUT2D eigenvalue weighted by Crippen LogP contribution is 2.58. The number of nitrogen functional groups attached to an aromatic ring is 1. The van der Waals surface area contributed by atoms with Gasteiger partial charge >= 0.3 is 0 Å². The minimum atomic E-state index is 0.190. The van der Waals surface area contributed by atoms with Gasteiger partial charge in [-0.2, -0.15) is 0 Å². The number of anilines is 2. The van der Waals surface area contributed by atoms with E-state index >= 15 is 0 Å². The lowest BCUT2D eigenvalue weighted by molar-refractivity contribution is -0.881. The quantitative estimate of drug-likeness (QED) is 0.195. The third-order valence-electron chi connectivity index (χ3n) is 15.1. The molecule has 4 nitrogen and oxygen atoms in total. The summed E-state index contributed by atoms with van der Waals surface area (Å²) in [6, 6.07) is 8.70. The van der Waals surface area contributed by atoms with E-state index in [0.717, 1.165) is 46.9 Å². The van der Waals surface area contributed by atoms with Gasteiger partial charge in [0, 0.05) is 36.3 Å². The monoisotopic (exact) mass is 652 g/mol. The molecule has 6 unspecified atom stereocenters. The van der Waals surface area contributed by atoms with Crippen molar-refractivity contribution in [3.8, 4) is 0 Å². The number of hydrogen-bond donors (Lipinski definition) is 2. The predicted molar refractivity (Wildman–Crippen MR) is 207 cm³/mol. The van der Waals surface area contributed by atoms with Crippen LogP contribution in [0.4, 0.5) is 11.4 Å². The van der Waals surface area contributed by atoms with Crippen LogP contribution in [0.25, 0.3) is 0 Å². The summed E-state index contributed by atoms with van der Waals surface area (Å²) in [5.74, 6) is 4.28. The van der Waals surface area contributed by atoms with E-state index in [1.54, 1.807) is 0 Å². The van der Waals surface area contributed by atoms with Crippen LogP contribution in [0.15, 0.2) is 24.3 Å². The lowest BCUT2D eigenvalue weighted by Crippen LogP contribution is -2.46. The first-order valence-electron chi connectivity index (χ1n) is 19.3. The molecule has 0 saturated carbocycles. The standard InChI is InChI=1S/C43H79N4/c1-38(2,3)35-25-45-24-30(35)21-40(7,8)41(9,10)22-31-26-46(34-19-17-33(44)18-20-34)27-36(31)43(13,14)42(11,12)23-32-28-47(15,16)29-37(32)39(4,5)6/h17-20,30-32,35-37,45H,21-29,44H2,1-16H3/q+1. The van der Waals surface area contributed by atoms with Crippen LogP contribution in [0.1, 0.15) is 116 Å². The van der Waals surface area contributed by atoms with Crippen LogP contribution in [0.5, 0.6) is 0 Å². The van der Waals surface area contributed by atoms with Gasteiger partial charge < -0.3 is 20.4 Å². The van der Waals surface area contributed by atoms with Gasteiger partial charge in [-0.1, -0.05) is 96.9 Å². The summed E-state index contributed by atoms with van der Waals surface area (Å²) < 4.78 is 1.16. The molecule has 0 radical (unpaired) electrons. The molecule has 4 rings (SSSR count). The fourth-order valence-corrected chi connectivity index (χ4v) is 10.7. The second kappa shape index (κ2) is 12.8. The molecule has 0 aromatic heterocycles. The fraction of sp³-hybridized carbons (Fsp3) is 0.860. The number of rotatable bonds is 10. The zero-order chi connectivity index (χ0) is 35.6. The van der Waals surface area contributed by atoms with Gasteiger partial charge in [-0.15, -0.1) is 0 Å². The second-order valence-corrected chi connectivity index (χ2v) is 22.3. The van der Waals surface area contributed by atoms with Crippen molar-refractivity contribution < 1.29 is 4.48 Å². The average molecular weight is 652 g/mol. The molecule has 3 aliphatic heterocycles. The van der Waals surface area contributed by atoms with Gasteiger partial charge in [0.05, 0.1) is 27.2 Å². The third-order valence-corrected chi connectivity index (χ3v) is 15.1. The van der Waals surface area contributed by atoms with E-state index in [-0.39, 0.29) is 21.7 Å². The molecule has 6 atom stereocenters. The molecule has 0 amide bonds. The van der Waals surface area contributed by atoms with E-state index in [1.165, 1.54) is 51.1 Å². The zero-order valence-corrected chi connectivity index (χ0v) is 34.1. The third kappa shape index (κ3) is 8.22. The molecule has 47 heavy (non-hydrogen) atoms. The van der Waals surface area contributed by atoms with Crippen molar-refractivity contribution in [2.24, 2.45) is 68.0 Å². The van der Waals surface area contributed by atoms with Gasteiger partial charge in [-0.25, -0.2) is 0 Å². The van der Waals surface area contributed by atoms with Gasteiger partial charge in [0.15, 0.2) is 0 Å². The van der Waals surface area contributed by atoms with Crippen LogP contribution in [0, 0.1) is 68.0 Å². The Morgan fingerprint density at radius 3 is 1.66 bits per heavy atom. The van der Waals surface area contributed by atoms with E-state index < -0.39 is 0 Å². The molecule has 0 aliphatic carbocycles. The summed E-state index contributed by atoms with van der Waals surface area (Å²) in [6.45, 7) is 43.0. The van der Waals surface area contributed by atoms with Crippen molar-refractivity contribution in [1.82, 2.24) is 5.32 Å². The lowest BCUT2D eigenvalue weighted by atomic mass is 9.53. The highest BCUT2D eigenvalue weighted by atomic mass is 15.3. The molecule has 270 valence electrons. The van der Waals surface area contributed by atoms with Crippen molar-refractivity contribution in [3.63, 3.8) is 0 Å². The molecule has 3 aliphatic rings. The average Bonchev–Trinajstić information content (AvgIpc) is 3.60. The van der Waals surface area contributed by atoms with Crippen LogP contribution < -0.4 is 16.0 Å². The molecule has 3 fully saturated rings. The maximum Gasteiger partial charge on any atom is 0.0821 e. The van der Waals surface area contributed by atoms with Crippen molar-refractivity contribution >= 4 is 11.4 Å². The normalized spacial score (nSPS) is 29.6. The van der Waals surface area contributed by atoms with Crippen molar-refractivity contribution in [3.05, 3.63) is 24.3 Å². The number of hydrogen-bond acceptors (Lipinski definition) is 3. The Kier molecular flexibility index (Phi) is 10.5. The molecule has 1 aromatic rings. The zero-order valence-electron chi connectivity index (χ0n) is 34.1. The van der Waals surface area contributed by atoms with Crippen LogP contribution in [0.2, 0.25) is 0 Å². The highest BCUT2D eigenvalue weighted by Gasteiger charge is 2.55. The summed E-state index contributed by atoms with van der Waals surface area (Å²) in [5.41, 5.74) is 9.92. The first-order chi connectivity index (χ1) is 21.2. The Hall–Kier alpha value is -1.26. The van der Waals surface area contributed by atoms with Gasteiger partial charge in [0.1, 0.15) is 0 Å². The first-order valence-corrected chi connectivity index (χ1v) is 19.3. The van der Waals surface area contributed by atoms with Crippen LogP contribution in [-0.4, -0.2) is 57.8 Å². The van der Waals surface area contributed by atoms with Crippen molar-refractivity contribution in [2.75, 3.05) is 64.0 Å². The Morgan fingerprint density at radius 1 is 0.617 bits per heavy atom. The number of benzene rings is 1. The minimum Gasteiger partial charge on any atom is -0.399 e. The van der Waals surface area contributed by atoms with Gasteiger partial charge in [-0.3, -0.25) is 0 Å². The molecule has 0 spiro atoms. The maximum atomic E-state index is 6.16. The second-order valence-electron chi connectivity index (χ2n) is 22.3. The fourth-order valence-electron chi connectivity index (χ4n) is 10.7. The summed E-state index contributed by atoms with van der Waals surface area (Å²) in [7, 11) is 4.92. The number of likely N-dealkylation sites (tertiary alicyclic amines) is 1. The summed E-state index contributed by atoms with van der Waals surface area (Å²) in [5, 5.41) is 3.78. The van der Waals surface area contributed by atoms with E-state index in [9.17, 15) is 0 Å². The molecule has 3 N–H and O–H groups in total. The number of nitrogens with one attached hydrogen (secondary N) is 1. The Labute approximate surface area is 293 Å². The Bertz CT molecular complexity index is 1190. The molecular formula is C43H79N4+. The first kappa shape index (κ1) is 38.5. The predicted octanol–water partition coefficient (Wildman–Crippen LogP) is 9.85. The molecule has 3 heterocycles. The Morgan fingerprint density at radius 2 is 1.13 bits per heavy atom. The molecule has 4 heteroatoms. The van der Waals surface area contributed by atoms with E-state index in [4.69, 9.17) is 5.73 Å². The summed E-state index contributed by atoms with van der Waals surface area (Å²) >= 11 is 0. The topological polar surface area (TPSA) is 41.3 Å². The number of quaternary nitrogens is 1. The number of nitrogens with two attached hydrogens (primary N) is 1. The molecule has 0 bridgehead atoms. The van der Waals surface area contributed by atoms with Crippen molar-refractivity contribution in [2.45, 2.75) is 116 Å². The SMILES string of the molecule is CC(C)(C)C1CNCC1CC(C)(C)C(C)(C)CC1CN(c2ccc(N)cc2)CC1C(C)(C)C(C)(C)CC1C[N+](C)(C)CC1C(C)(C)C. The van der Waals surface area contributed by atoms with Crippen molar-refractivity contribution in [1.29, 1.82) is 0 Å². The smallest absolute Gasteiger partial charge is 0.0821 e. The highest BCUT2D eigenvalue weighted by molar-refractivity contribution is 5.54. The molecule has 3 saturated heterocycles. The number of nitrogens with zero attached hydrogens (tertiary/aromatic N) is 2. The van der Waals surface area contributed by atoms with E-state index in [1.807, 2.05) is 0 Å². The largest absolute Gasteiger partial charge is 0.399 e. The Balaban J connectivity index is 1.63. The maximum absolute atomic E-state index is 6.16. The van der Waals surface area contributed by atoms with Gasteiger partial charge in [-0.05, 0) is 113 Å². The van der Waals surface area contributed by atoms with Crippen LogP contribution >= 0.6 is 0 Å². The van der Waals surface area contributed by atoms with E-state index in [0.29, 0.717) is 22.7 Å². The summed E-state index contributed by atoms with van der Waals surface area (Å²) in [4.78, 5) is 2.71. The van der Waals surface area contributed by atoms with Crippen LogP contribution in [-0.2, 0) is 0 Å². The molecular weight excluding hydrogens is 573 g/mol.